The second kappa shape index (κ2) is 13.1. The highest BCUT2D eigenvalue weighted by molar-refractivity contribution is 6.00. The van der Waals surface area contributed by atoms with Gasteiger partial charge in [-0.1, -0.05) is 30.3 Å². The predicted molar refractivity (Wildman–Crippen MR) is 144 cm³/mol. The molecule has 194 valence electrons. The molecule has 0 spiro atoms. The van der Waals surface area contributed by atoms with Crippen LogP contribution in [0.3, 0.4) is 0 Å². The van der Waals surface area contributed by atoms with Crippen molar-refractivity contribution in [3.05, 3.63) is 83.4 Å². The minimum atomic E-state index is -0.446. The van der Waals surface area contributed by atoms with Crippen LogP contribution in [0.15, 0.2) is 66.7 Å². The minimum Gasteiger partial charge on any atom is -0.473 e. The van der Waals surface area contributed by atoms with Gasteiger partial charge in [-0.15, -0.1) is 0 Å². The van der Waals surface area contributed by atoms with Crippen molar-refractivity contribution in [1.29, 1.82) is 0 Å². The van der Waals surface area contributed by atoms with Gasteiger partial charge in [-0.2, -0.15) is 0 Å². The zero-order valence-electron chi connectivity index (χ0n) is 21.4. The number of benzene rings is 3. The van der Waals surface area contributed by atoms with Crippen molar-refractivity contribution in [2.24, 2.45) is 0 Å². The van der Waals surface area contributed by atoms with Crippen LogP contribution in [0.25, 0.3) is 0 Å². The van der Waals surface area contributed by atoms with E-state index in [2.05, 4.69) is 21.3 Å². The summed E-state index contributed by atoms with van der Waals surface area (Å²) >= 11 is 0. The largest absolute Gasteiger partial charge is 0.473 e. The van der Waals surface area contributed by atoms with Crippen molar-refractivity contribution < 1.29 is 23.9 Å². The van der Waals surface area contributed by atoms with E-state index in [-0.39, 0.29) is 24.8 Å². The van der Waals surface area contributed by atoms with Crippen LogP contribution in [-0.4, -0.2) is 44.7 Å². The highest BCUT2D eigenvalue weighted by Crippen LogP contribution is 2.26. The van der Waals surface area contributed by atoms with E-state index in [0.29, 0.717) is 22.7 Å². The fraction of sp³-hybridized carbons (Fsp3) is 0.250. The first-order chi connectivity index (χ1) is 17.8. The average Bonchev–Trinajstić information content (AvgIpc) is 2.89. The number of amides is 2. The third-order valence-corrected chi connectivity index (χ3v) is 5.57. The molecule has 0 radical (unpaired) electrons. The molecule has 0 aliphatic carbocycles. The fourth-order valence-corrected chi connectivity index (χ4v) is 3.56. The quantitative estimate of drug-likeness (QED) is 0.223. The number of carbonyl (C=O) groups is 3. The van der Waals surface area contributed by atoms with Crippen LogP contribution in [0, 0.1) is 6.92 Å². The van der Waals surface area contributed by atoms with E-state index < -0.39 is 12.2 Å². The molecule has 0 aromatic heterocycles. The van der Waals surface area contributed by atoms with Crippen LogP contribution in [0.1, 0.15) is 28.4 Å². The molecule has 3 aromatic rings. The number of aryl methyl sites for hydroxylation is 1. The van der Waals surface area contributed by atoms with Crippen molar-refractivity contribution in [3.63, 3.8) is 0 Å². The third kappa shape index (κ3) is 8.08. The van der Waals surface area contributed by atoms with Crippen LogP contribution in [0.2, 0.25) is 0 Å². The highest BCUT2D eigenvalue weighted by Gasteiger charge is 2.13. The van der Waals surface area contributed by atoms with Crippen molar-refractivity contribution in [2.75, 3.05) is 36.7 Å². The Morgan fingerprint density at radius 3 is 2.32 bits per heavy atom. The zero-order chi connectivity index (χ0) is 26.8. The monoisotopic (exact) mass is 504 g/mol. The van der Waals surface area contributed by atoms with Crippen molar-refractivity contribution in [2.45, 2.75) is 26.5 Å². The fourth-order valence-electron chi connectivity index (χ4n) is 3.56. The maximum absolute atomic E-state index is 12.5. The summed E-state index contributed by atoms with van der Waals surface area (Å²) in [5.41, 5.74) is 4.21. The number of nitrogens with one attached hydrogen (secondary N) is 4. The van der Waals surface area contributed by atoms with E-state index in [9.17, 15) is 14.4 Å². The molecular weight excluding hydrogens is 472 g/mol. The predicted octanol–water partition coefficient (Wildman–Crippen LogP) is 4.59. The van der Waals surface area contributed by atoms with Gasteiger partial charge >= 0.3 is 12.0 Å². The summed E-state index contributed by atoms with van der Waals surface area (Å²) in [7, 11) is 3.05. The molecule has 0 aliphatic heterocycles. The van der Waals surface area contributed by atoms with E-state index in [1.165, 1.54) is 7.11 Å². The number of rotatable bonds is 11. The SMILES string of the molecule is CNc1cc(C(=O)OC)ccc1OC(C)NCC(=O)Cc1ccc(NC(=O)Nc2ccccc2C)cc1. The van der Waals surface area contributed by atoms with Crippen molar-refractivity contribution in [1.82, 2.24) is 5.32 Å². The molecule has 1 unspecified atom stereocenters. The number of ether oxygens (including phenoxy) is 2. The van der Waals surface area contributed by atoms with Gasteiger partial charge in [0, 0.05) is 24.8 Å². The van der Waals surface area contributed by atoms with Crippen molar-refractivity contribution >= 4 is 34.8 Å². The lowest BCUT2D eigenvalue weighted by molar-refractivity contribution is -0.118. The molecule has 0 heterocycles. The number of carbonyl (C=O) groups excluding carboxylic acids is 3. The van der Waals surface area contributed by atoms with Gasteiger partial charge in [-0.25, -0.2) is 9.59 Å². The van der Waals surface area contributed by atoms with E-state index >= 15 is 0 Å². The zero-order valence-corrected chi connectivity index (χ0v) is 21.4. The number of hydrogen-bond donors (Lipinski definition) is 4. The summed E-state index contributed by atoms with van der Waals surface area (Å²) in [4.78, 5) is 36.5. The molecule has 2 amide bonds. The van der Waals surface area contributed by atoms with Gasteiger partial charge in [0.05, 0.1) is 24.9 Å². The molecular formula is C28H32N4O5. The molecule has 0 bridgehead atoms. The minimum absolute atomic E-state index is 0.0108. The Hall–Kier alpha value is -4.37. The Morgan fingerprint density at radius 1 is 0.919 bits per heavy atom. The van der Waals surface area contributed by atoms with E-state index in [1.807, 2.05) is 43.3 Å². The maximum Gasteiger partial charge on any atom is 0.337 e. The summed E-state index contributed by atoms with van der Waals surface area (Å²) in [6.45, 7) is 3.84. The van der Waals surface area contributed by atoms with Crippen LogP contribution >= 0.6 is 0 Å². The molecule has 0 saturated carbocycles. The number of Topliss-reactive ketones (excluding diaryl/α,β-unsaturated/α-hetero) is 1. The highest BCUT2D eigenvalue weighted by atomic mass is 16.5. The lowest BCUT2D eigenvalue weighted by atomic mass is 10.1. The molecule has 0 aliphatic rings. The molecule has 1 atom stereocenters. The average molecular weight is 505 g/mol. The second-order valence-electron chi connectivity index (χ2n) is 8.40. The van der Waals surface area contributed by atoms with Crippen LogP contribution in [0.4, 0.5) is 21.9 Å². The second-order valence-corrected chi connectivity index (χ2v) is 8.40. The van der Waals surface area contributed by atoms with Crippen LogP contribution in [0.5, 0.6) is 5.75 Å². The number of ketones is 1. The summed E-state index contributed by atoms with van der Waals surface area (Å²) in [5, 5.41) is 11.7. The first kappa shape index (κ1) is 27.2. The van der Waals surface area contributed by atoms with Gasteiger partial charge in [-0.05, 0) is 61.4 Å². The number of esters is 1. The molecule has 9 heteroatoms. The van der Waals surface area contributed by atoms with Crippen LogP contribution in [-0.2, 0) is 16.0 Å². The Labute approximate surface area is 216 Å². The Bertz CT molecular complexity index is 1240. The Morgan fingerprint density at radius 2 is 1.65 bits per heavy atom. The molecule has 0 saturated heterocycles. The standard InChI is InChI=1S/C28H32N4O5/c1-18-7-5-6-8-24(18)32-28(35)31-22-12-9-20(10-13-22)15-23(33)17-30-19(2)37-26-14-11-21(27(34)36-4)16-25(26)29-3/h5-14,16,19,29-30H,15,17H2,1-4H3,(H2,31,32,35). The Kier molecular flexibility index (Phi) is 9.62. The molecule has 37 heavy (non-hydrogen) atoms. The number of hydrogen-bond acceptors (Lipinski definition) is 7. The van der Waals surface area contributed by atoms with Gasteiger partial charge in [0.25, 0.3) is 0 Å². The lowest BCUT2D eigenvalue weighted by Gasteiger charge is -2.18. The lowest BCUT2D eigenvalue weighted by Crippen LogP contribution is -2.36. The number of urea groups is 1. The summed E-state index contributed by atoms with van der Waals surface area (Å²) in [6, 6.07) is 19.3. The number of para-hydroxylation sites is 1. The van der Waals surface area contributed by atoms with Gasteiger partial charge in [0.15, 0.2) is 5.78 Å². The van der Waals surface area contributed by atoms with Gasteiger partial charge in [0.1, 0.15) is 12.0 Å². The molecule has 0 fully saturated rings. The smallest absolute Gasteiger partial charge is 0.337 e. The maximum atomic E-state index is 12.5. The first-order valence-corrected chi connectivity index (χ1v) is 11.8. The Balaban J connectivity index is 1.46. The molecule has 9 nitrogen and oxygen atoms in total. The molecule has 3 rings (SSSR count). The van der Waals surface area contributed by atoms with E-state index in [0.717, 1.165) is 16.8 Å². The normalized spacial score (nSPS) is 11.2. The number of methoxy groups -OCH3 is 1. The van der Waals surface area contributed by atoms with E-state index in [4.69, 9.17) is 9.47 Å². The number of anilines is 3. The first-order valence-electron chi connectivity index (χ1n) is 11.8. The summed E-state index contributed by atoms with van der Waals surface area (Å²) in [6.07, 6.45) is -0.205. The van der Waals surface area contributed by atoms with Gasteiger partial charge < -0.3 is 25.4 Å². The summed E-state index contributed by atoms with van der Waals surface area (Å²) < 4.78 is 10.6. The molecule has 3 aromatic carbocycles. The van der Waals surface area contributed by atoms with Crippen molar-refractivity contribution in [3.8, 4) is 5.75 Å². The van der Waals surface area contributed by atoms with Crippen LogP contribution < -0.4 is 26.0 Å². The topological polar surface area (TPSA) is 118 Å². The van der Waals surface area contributed by atoms with Gasteiger partial charge in [0.2, 0.25) is 0 Å². The third-order valence-electron chi connectivity index (χ3n) is 5.57. The van der Waals surface area contributed by atoms with Gasteiger partial charge in [-0.3, -0.25) is 10.1 Å². The molecule has 4 N–H and O–H groups in total. The van der Waals surface area contributed by atoms with E-state index in [1.54, 1.807) is 44.3 Å². The summed E-state index contributed by atoms with van der Waals surface area (Å²) in [5.74, 6) is 0.0923.